The molecule has 4 aromatic carbocycles. The van der Waals surface area contributed by atoms with Crippen molar-refractivity contribution in [3.8, 4) is 23.0 Å². The van der Waals surface area contributed by atoms with Gasteiger partial charge in [-0.3, -0.25) is 0 Å². The van der Waals surface area contributed by atoms with Crippen molar-refractivity contribution in [3.05, 3.63) is 115 Å². The SMILES string of the molecule is C1CCOC1.C1CCOC1.C1CCOC1.CC(c1cc(C(C)(C)C)cc(C(C)(C)C)c1[O-])c1cc(C(C)(C)C)cc(C(C)(C)C)c1[O-].CC(c1cc(C(C)(C)C)cc(C(C)(C)C)c1[O-])c1cc(C(C)(C)C)cc(C(C)(C)C)c1[O-].CCOCC[O-].[Li+].[Li+].[Li+].[Li+].[Li+]. The number of ether oxygens (including phenoxy) is 4. The summed E-state index contributed by atoms with van der Waals surface area (Å²) >= 11 is 0. The molecule has 0 amide bonds. The fourth-order valence-corrected chi connectivity index (χ4v) is 9.92. The standard InChI is InChI=1S/2C30H46O2.C4H9O2.3C4H8O.5Li/c2*1-18(21-14-19(27(2,3)4)16-23(25(21)31)29(8,9)10)22-15-20(28(5,6)7)17-24(26(22)32)30(11,12)13;1-2-6-4-3-5;3*1-2-4-5-3-1;;;;;/h2*14-18,31-32H,1-13H3;2-4H2,1H3;3*1-4H2;;;;;/q;;-1;;;;5*+1/p-4. The fourth-order valence-electron chi connectivity index (χ4n) is 9.92. The van der Waals surface area contributed by atoms with Gasteiger partial charge in [0, 0.05) is 64.7 Å². The maximum atomic E-state index is 13.7. The van der Waals surface area contributed by atoms with Crippen LogP contribution in [0.3, 0.4) is 0 Å². The first kappa shape index (κ1) is 95.3. The molecule has 0 aliphatic carbocycles. The molecule has 3 fully saturated rings. The Labute approximate surface area is 612 Å². The molecule has 0 aromatic heterocycles. The quantitative estimate of drug-likeness (QED) is 0.196. The van der Waals surface area contributed by atoms with Crippen LogP contribution < -0.4 is 120 Å². The van der Waals surface area contributed by atoms with Crippen molar-refractivity contribution in [2.24, 2.45) is 0 Å². The van der Waals surface area contributed by atoms with Gasteiger partial charge < -0.3 is 44.5 Å². The normalized spacial score (nSPS) is 14.3. The van der Waals surface area contributed by atoms with Gasteiger partial charge in [0.15, 0.2) is 0 Å². The van der Waals surface area contributed by atoms with Gasteiger partial charge in [-0.15, -0.1) is 29.6 Å². The molecule has 0 radical (unpaired) electrons. The van der Waals surface area contributed by atoms with Gasteiger partial charge >= 0.3 is 94.3 Å². The van der Waals surface area contributed by atoms with E-state index in [0.29, 0.717) is 13.2 Å². The number of benzene rings is 4. The molecular formula is C76H121Li5O9. The van der Waals surface area contributed by atoms with E-state index in [4.69, 9.17) is 14.2 Å². The Morgan fingerprint density at radius 1 is 0.333 bits per heavy atom. The molecule has 0 bridgehead atoms. The van der Waals surface area contributed by atoms with E-state index in [1.165, 1.54) is 38.5 Å². The Bertz CT molecular complexity index is 2290. The van der Waals surface area contributed by atoms with Gasteiger partial charge in [0.05, 0.1) is 0 Å². The van der Waals surface area contributed by atoms with E-state index in [2.05, 4.69) is 195 Å². The molecular weight excluding hydrogens is 1090 g/mol. The molecule has 3 aliphatic heterocycles. The molecule has 0 unspecified atom stereocenters. The maximum absolute atomic E-state index is 13.7. The zero-order chi connectivity index (χ0) is 65.5. The Hall–Kier alpha value is -1.13. The largest absolute Gasteiger partial charge is 1.00 e. The van der Waals surface area contributed by atoms with Gasteiger partial charge in [-0.25, -0.2) is 0 Å². The van der Waals surface area contributed by atoms with Crippen LogP contribution in [0, 0.1) is 0 Å². The van der Waals surface area contributed by atoms with Gasteiger partial charge in [0.25, 0.3) is 0 Å². The summed E-state index contributed by atoms with van der Waals surface area (Å²) in [4.78, 5) is 0. The average Bonchev–Trinajstić information content (AvgIpc) is 0.901. The van der Waals surface area contributed by atoms with E-state index in [1.807, 2.05) is 45.0 Å². The van der Waals surface area contributed by atoms with Crippen molar-refractivity contribution >= 4 is 0 Å². The Kier molecular flexibility index (Phi) is 42.9. The van der Waals surface area contributed by atoms with Crippen molar-refractivity contribution in [1.82, 2.24) is 0 Å². The summed E-state index contributed by atoms with van der Waals surface area (Å²) < 4.78 is 19.5. The van der Waals surface area contributed by atoms with Gasteiger partial charge in [-0.2, -0.15) is 0 Å². The average molecular weight is 1210 g/mol. The summed E-state index contributed by atoms with van der Waals surface area (Å²) in [5, 5.41) is 64.3. The second-order valence-corrected chi connectivity index (χ2v) is 32.1. The number of hydrogen-bond acceptors (Lipinski definition) is 9. The maximum Gasteiger partial charge on any atom is 1.00 e. The predicted molar refractivity (Wildman–Crippen MR) is 350 cm³/mol. The monoisotopic (exact) mass is 1210 g/mol. The van der Waals surface area contributed by atoms with Crippen molar-refractivity contribution in [2.45, 2.75) is 281 Å². The zero-order valence-corrected chi connectivity index (χ0v) is 64.1. The van der Waals surface area contributed by atoms with Crippen LogP contribution in [0.4, 0.5) is 0 Å². The van der Waals surface area contributed by atoms with Crippen LogP contribution in [0.1, 0.15) is 304 Å². The molecule has 7 rings (SSSR count). The van der Waals surface area contributed by atoms with Crippen molar-refractivity contribution in [3.63, 3.8) is 0 Å². The molecule has 0 atom stereocenters. The topological polar surface area (TPSA) is 152 Å². The summed E-state index contributed by atoms with van der Waals surface area (Å²) in [5.74, 6) is -0.290. The van der Waals surface area contributed by atoms with Crippen LogP contribution in [0.5, 0.6) is 23.0 Å². The number of rotatable bonds is 7. The molecule has 484 valence electrons. The van der Waals surface area contributed by atoms with E-state index in [9.17, 15) is 25.5 Å². The van der Waals surface area contributed by atoms with E-state index in [1.54, 1.807) is 0 Å². The molecule has 9 nitrogen and oxygen atoms in total. The summed E-state index contributed by atoms with van der Waals surface area (Å²) in [6.45, 7) is 63.9. The van der Waals surface area contributed by atoms with E-state index in [-0.39, 0.29) is 179 Å². The van der Waals surface area contributed by atoms with Crippen molar-refractivity contribution in [2.75, 3.05) is 59.5 Å². The molecule has 3 heterocycles. The molecule has 0 spiro atoms. The molecule has 0 saturated carbocycles. The number of hydrogen-bond donors (Lipinski definition) is 0. The second-order valence-electron chi connectivity index (χ2n) is 32.1. The van der Waals surface area contributed by atoms with Gasteiger partial charge in [-0.05, 0) is 156 Å². The predicted octanol–water partition coefficient (Wildman–Crippen LogP) is 1.14. The van der Waals surface area contributed by atoms with E-state index >= 15 is 0 Å². The first-order valence-electron chi connectivity index (χ1n) is 32.0. The fraction of sp³-hybridized carbons (Fsp3) is 0.684. The molecule has 4 aromatic rings. The molecule has 3 aliphatic rings. The third kappa shape index (κ3) is 30.5. The third-order valence-corrected chi connectivity index (χ3v) is 15.9. The third-order valence-electron chi connectivity index (χ3n) is 15.9. The first-order chi connectivity index (χ1) is 38.7. The van der Waals surface area contributed by atoms with Gasteiger partial charge in [0.1, 0.15) is 0 Å². The molecule has 14 heteroatoms. The van der Waals surface area contributed by atoms with Crippen molar-refractivity contribution < 1.29 is 139 Å². The van der Waals surface area contributed by atoms with E-state index in [0.717, 1.165) is 106 Å². The molecule has 0 N–H and O–H groups in total. The van der Waals surface area contributed by atoms with Crippen LogP contribution in [0.2, 0.25) is 0 Å². The zero-order valence-electron chi connectivity index (χ0n) is 64.1. The minimum atomic E-state index is -0.276. The smallest absolute Gasteiger partial charge is 0.872 e. The van der Waals surface area contributed by atoms with Gasteiger partial charge in [-0.1, -0.05) is 229 Å². The van der Waals surface area contributed by atoms with E-state index < -0.39 is 0 Å². The van der Waals surface area contributed by atoms with Crippen molar-refractivity contribution in [1.29, 1.82) is 0 Å². The minimum absolute atomic E-state index is 0. The van der Waals surface area contributed by atoms with Crippen LogP contribution in [-0.4, -0.2) is 59.5 Å². The summed E-state index contributed by atoms with van der Waals surface area (Å²) in [7, 11) is 0. The summed E-state index contributed by atoms with van der Waals surface area (Å²) in [5.41, 5.74) is 9.32. The van der Waals surface area contributed by atoms with Crippen LogP contribution >= 0.6 is 0 Å². The van der Waals surface area contributed by atoms with Crippen LogP contribution in [0.15, 0.2) is 48.5 Å². The van der Waals surface area contributed by atoms with Crippen LogP contribution in [-0.2, 0) is 62.3 Å². The molecule has 3 saturated heterocycles. The summed E-state index contributed by atoms with van der Waals surface area (Å²) in [6, 6.07) is 16.5. The summed E-state index contributed by atoms with van der Waals surface area (Å²) in [6.07, 6.45) is 7.67. The Morgan fingerprint density at radius 3 is 0.611 bits per heavy atom. The second kappa shape index (κ2) is 40.6. The van der Waals surface area contributed by atoms with Gasteiger partial charge in [0.2, 0.25) is 0 Å². The van der Waals surface area contributed by atoms with Crippen LogP contribution in [0.25, 0.3) is 0 Å². The minimum Gasteiger partial charge on any atom is -0.872 e. The Morgan fingerprint density at radius 2 is 0.511 bits per heavy atom. The first-order valence-corrected chi connectivity index (χ1v) is 32.0. The Balaban J connectivity index is -0.000000591. The molecule has 90 heavy (non-hydrogen) atoms.